The van der Waals surface area contributed by atoms with Gasteiger partial charge in [0.15, 0.2) is 0 Å². The summed E-state index contributed by atoms with van der Waals surface area (Å²) in [6.07, 6.45) is 0. The second-order valence-corrected chi connectivity index (χ2v) is 8.01. The predicted molar refractivity (Wildman–Crippen MR) is 90.2 cm³/mol. The topological polar surface area (TPSA) is 73.0 Å². The van der Waals surface area contributed by atoms with Crippen molar-refractivity contribution in [2.24, 2.45) is 0 Å². The van der Waals surface area contributed by atoms with Gasteiger partial charge in [-0.1, -0.05) is 12.1 Å². The third-order valence-electron chi connectivity index (χ3n) is 4.12. The van der Waals surface area contributed by atoms with Crippen molar-refractivity contribution in [1.29, 1.82) is 0 Å². The molecule has 0 spiro atoms. The molecule has 2 rings (SSSR count). The number of carbonyl (C=O) groups is 1. The molecule has 1 aliphatic heterocycles. The van der Waals surface area contributed by atoms with E-state index in [1.54, 1.807) is 19.1 Å². The van der Waals surface area contributed by atoms with Gasteiger partial charge < -0.3 is 5.32 Å². The number of rotatable bonds is 5. The first-order chi connectivity index (χ1) is 11.2. The molecule has 1 aromatic rings. The maximum atomic E-state index is 13.6. The summed E-state index contributed by atoms with van der Waals surface area (Å²) in [4.78, 5) is 14.2. The number of amides is 1. The molecule has 1 N–H and O–H groups in total. The summed E-state index contributed by atoms with van der Waals surface area (Å²) in [6, 6.07) is 5.51. The molecule has 0 radical (unpaired) electrons. The normalized spacial score (nSPS) is 18.5. The molecule has 0 bridgehead atoms. The third-order valence-corrected chi connectivity index (χ3v) is 6.06. The Bertz CT molecular complexity index is 688. The lowest BCUT2D eigenvalue weighted by Gasteiger charge is -2.37. The first-order valence-electron chi connectivity index (χ1n) is 7.70. The molecule has 1 aliphatic rings. The van der Waals surface area contributed by atoms with Crippen LogP contribution >= 0.6 is 0 Å². The van der Waals surface area contributed by atoms with Crippen molar-refractivity contribution in [3.05, 3.63) is 30.1 Å². The first-order valence-corrected chi connectivity index (χ1v) is 9.10. The van der Waals surface area contributed by atoms with Crippen LogP contribution < -0.4 is 5.32 Å². The average molecular weight is 358 g/mol. The third kappa shape index (κ3) is 4.10. The van der Waals surface area contributed by atoms with Gasteiger partial charge in [-0.2, -0.15) is 17.0 Å². The van der Waals surface area contributed by atoms with Gasteiger partial charge in [-0.3, -0.25) is 9.69 Å². The van der Waals surface area contributed by atoms with E-state index in [2.05, 4.69) is 5.32 Å². The second-order valence-electron chi connectivity index (χ2n) is 5.87. The van der Waals surface area contributed by atoms with Crippen LogP contribution in [0.5, 0.6) is 0 Å². The van der Waals surface area contributed by atoms with Crippen molar-refractivity contribution in [1.82, 2.24) is 13.5 Å². The van der Waals surface area contributed by atoms with Gasteiger partial charge in [-0.15, -0.1) is 0 Å². The summed E-state index contributed by atoms with van der Waals surface area (Å²) in [7, 11) is -0.449. The molecule has 0 aliphatic carbocycles. The summed E-state index contributed by atoms with van der Waals surface area (Å²) >= 11 is 0. The SMILES string of the molecule is CC(C(=O)Nc1ccccc1F)N1CCN(S(=O)(=O)N(C)C)CC1. The van der Waals surface area contributed by atoms with Crippen LogP contribution in [0, 0.1) is 5.82 Å². The number of hydrogen-bond acceptors (Lipinski definition) is 4. The van der Waals surface area contributed by atoms with Gasteiger partial charge in [0.25, 0.3) is 10.2 Å². The molecule has 1 amide bonds. The van der Waals surface area contributed by atoms with Crippen LogP contribution in [0.25, 0.3) is 0 Å². The highest BCUT2D eigenvalue weighted by Crippen LogP contribution is 2.15. The minimum Gasteiger partial charge on any atom is -0.322 e. The number of anilines is 1. The zero-order valence-electron chi connectivity index (χ0n) is 14.1. The van der Waals surface area contributed by atoms with E-state index in [0.29, 0.717) is 26.2 Å². The van der Waals surface area contributed by atoms with Gasteiger partial charge in [-0.05, 0) is 19.1 Å². The lowest BCUT2D eigenvalue weighted by molar-refractivity contribution is -0.121. The van der Waals surface area contributed by atoms with E-state index in [4.69, 9.17) is 0 Å². The Hall–Kier alpha value is -1.55. The van der Waals surface area contributed by atoms with E-state index in [0.717, 1.165) is 0 Å². The van der Waals surface area contributed by atoms with Gasteiger partial charge in [0.05, 0.1) is 11.7 Å². The van der Waals surface area contributed by atoms with Gasteiger partial charge in [-0.25, -0.2) is 4.39 Å². The highest BCUT2D eigenvalue weighted by molar-refractivity contribution is 7.86. The fourth-order valence-electron chi connectivity index (χ4n) is 2.52. The fourth-order valence-corrected chi connectivity index (χ4v) is 3.60. The Kier molecular flexibility index (Phi) is 5.92. The molecular formula is C15H23FN4O3S. The number of halogens is 1. The molecule has 1 atom stereocenters. The maximum Gasteiger partial charge on any atom is 0.281 e. The lowest BCUT2D eigenvalue weighted by Crippen LogP contribution is -2.55. The highest BCUT2D eigenvalue weighted by atomic mass is 32.2. The molecule has 9 heteroatoms. The van der Waals surface area contributed by atoms with E-state index in [1.165, 1.54) is 34.8 Å². The molecule has 7 nitrogen and oxygen atoms in total. The molecule has 1 heterocycles. The van der Waals surface area contributed by atoms with E-state index in [-0.39, 0.29) is 11.6 Å². The van der Waals surface area contributed by atoms with Crippen LogP contribution in [0.15, 0.2) is 24.3 Å². The monoisotopic (exact) mass is 358 g/mol. The Morgan fingerprint density at radius 1 is 1.21 bits per heavy atom. The van der Waals surface area contributed by atoms with Crippen molar-refractivity contribution in [3.8, 4) is 0 Å². The van der Waals surface area contributed by atoms with Gasteiger partial charge in [0.1, 0.15) is 5.82 Å². The van der Waals surface area contributed by atoms with Gasteiger partial charge in [0, 0.05) is 40.3 Å². The molecule has 1 fully saturated rings. The molecule has 1 aromatic carbocycles. The number of para-hydroxylation sites is 1. The molecule has 1 unspecified atom stereocenters. The number of hydrogen-bond donors (Lipinski definition) is 1. The molecule has 1 saturated heterocycles. The Morgan fingerprint density at radius 3 is 2.33 bits per heavy atom. The summed E-state index contributed by atoms with van der Waals surface area (Å²) in [5.74, 6) is -0.802. The Labute approximate surface area is 142 Å². The molecule has 0 saturated carbocycles. The largest absolute Gasteiger partial charge is 0.322 e. The Balaban J connectivity index is 1.94. The highest BCUT2D eigenvalue weighted by Gasteiger charge is 2.32. The summed E-state index contributed by atoms with van der Waals surface area (Å²) in [6.45, 7) is 3.25. The fraction of sp³-hybridized carbons (Fsp3) is 0.533. The van der Waals surface area contributed by atoms with E-state index >= 15 is 0 Å². The van der Waals surface area contributed by atoms with E-state index in [9.17, 15) is 17.6 Å². The molecular weight excluding hydrogens is 335 g/mol. The number of nitrogens with one attached hydrogen (secondary N) is 1. The van der Waals surface area contributed by atoms with Crippen molar-refractivity contribution in [3.63, 3.8) is 0 Å². The molecule has 0 aromatic heterocycles. The predicted octanol–water partition coefficient (Wildman–Crippen LogP) is 0.577. The quantitative estimate of drug-likeness (QED) is 0.836. The smallest absolute Gasteiger partial charge is 0.281 e. The number of carbonyl (C=O) groups excluding carboxylic acids is 1. The lowest BCUT2D eigenvalue weighted by atomic mass is 10.2. The van der Waals surface area contributed by atoms with Crippen LogP contribution in [0.1, 0.15) is 6.92 Å². The zero-order valence-corrected chi connectivity index (χ0v) is 14.9. The van der Waals surface area contributed by atoms with Crippen molar-refractivity contribution in [2.75, 3.05) is 45.6 Å². The van der Waals surface area contributed by atoms with E-state index < -0.39 is 22.1 Å². The molecule has 134 valence electrons. The van der Waals surface area contributed by atoms with Gasteiger partial charge in [0.2, 0.25) is 5.91 Å². The maximum absolute atomic E-state index is 13.6. The van der Waals surface area contributed by atoms with Crippen LogP contribution in [0.4, 0.5) is 10.1 Å². The van der Waals surface area contributed by atoms with Gasteiger partial charge >= 0.3 is 0 Å². The summed E-state index contributed by atoms with van der Waals surface area (Å²) in [5.41, 5.74) is 0.142. The minimum absolute atomic E-state index is 0.142. The van der Waals surface area contributed by atoms with Crippen molar-refractivity contribution >= 4 is 21.8 Å². The first kappa shape index (κ1) is 18.8. The number of benzene rings is 1. The summed E-state index contributed by atoms with van der Waals surface area (Å²) < 4.78 is 40.4. The second kappa shape index (κ2) is 7.56. The zero-order chi connectivity index (χ0) is 17.9. The van der Waals surface area contributed by atoms with Crippen LogP contribution in [-0.2, 0) is 15.0 Å². The van der Waals surface area contributed by atoms with Crippen LogP contribution in [-0.4, -0.2) is 74.2 Å². The van der Waals surface area contributed by atoms with E-state index in [1.807, 2.05) is 4.90 Å². The summed E-state index contributed by atoms with van der Waals surface area (Å²) in [5, 5.41) is 2.57. The van der Waals surface area contributed by atoms with Crippen molar-refractivity contribution in [2.45, 2.75) is 13.0 Å². The number of piperazine rings is 1. The Morgan fingerprint density at radius 2 is 1.79 bits per heavy atom. The van der Waals surface area contributed by atoms with Crippen molar-refractivity contribution < 1.29 is 17.6 Å². The molecule has 24 heavy (non-hydrogen) atoms. The van der Waals surface area contributed by atoms with Crippen LogP contribution in [0.3, 0.4) is 0 Å². The van der Waals surface area contributed by atoms with Crippen LogP contribution in [0.2, 0.25) is 0 Å². The number of nitrogens with zero attached hydrogens (tertiary/aromatic N) is 3. The minimum atomic E-state index is -3.43. The average Bonchev–Trinajstić information content (AvgIpc) is 2.56. The standard InChI is InChI=1S/C15H23FN4O3S/c1-12(15(21)17-14-7-5-4-6-13(14)16)19-8-10-20(11-9-19)24(22,23)18(2)3/h4-7,12H,8-11H2,1-3H3,(H,17,21).